The number of phenols is 8. The standard InChI is InChI=1S/C32H50O7.C16H22O5.C16H20O4.C8H15ClO.C8H8O4/c1-8-14-17-23(11-4)30(34)37-26-20-27(38-31(35)24(12-5)18-15-9-2)29(22(7)33)28(21-26)39-32(36)25(13-6)19-16-10-3;1-3-5-6-10(4-2)12(18)9-15(21)16-13(19)7-11(17)8-14(16)20;1-3-5-6-10(4-2)14-9-13(19)16-12(18)7-11(17)8-15(16)20-14;1-3-5-6-7(4-2)8(9)10;1-4(9)8-6(11)2-5(10)3-7(8)12/h20-21,23-25H,8-19H2,1-7H3;7-8,10,17,19-20H,3-6,9H2,1-2H3;7-10,17-18H,3-6H2,1-2H3;7H,3-6H2,1-2H3;2-3,10-12H,1H3. The second-order valence-electron chi connectivity index (χ2n) is 25.6. The van der Waals surface area contributed by atoms with Gasteiger partial charge in [-0.05, 0) is 102 Å². The van der Waals surface area contributed by atoms with Crippen molar-refractivity contribution in [2.45, 2.75) is 263 Å². The lowest BCUT2D eigenvalue weighted by Crippen LogP contribution is -2.24. The number of ketones is 4. The van der Waals surface area contributed by atoms with Crippen LogP contribution in [0, 0.1) is 29.6 Å². The van der Waals surface area contributed by atoms with Crippen molar-refractivity contribution in [3.8, 4) is 63.2 Å². The van der Waals surface area contributed by atoms with Crippen LogP contribution in [0.4, 0.5) is 0 Å². The van der Waals surface area contributed by atoms with E-state index in [0.717, 1.165) is 139 Å². The van der Waals surface area contributed by atoms with Gasteiger partial charge < -0.3 is 59.5 Å². The molecule has 0 aliphatic carbocycles. The fourth-order valence-corrected chi connectivity index (χ4v) is 11.5. The number of hydrogen-bond donors (Lipinski definition) is 8. The van der Waals surface area contributed by atoms with Crippen molar-refractivity contribution < 1.29 is 97.8 Å². The van der Waals surface area contributed by atoms with Gasteiger partial charge in [0.2, 0.25) is 5.24 Å². The third-order valence-electron chi connectivity index (χ3n) is 17.5. The van der Waals surface area contributed by atoms with Crippen LogP contribution in [0.2, 0.25) is 0 Å². The normalized spacial score (nSPS) is 12.5. The Labute approximate surface area is 607 Å². The molecule has 568 valence electrons. The lowest BCUT2D eigenvalue weighted by molar-refractivity contribution is -0.139. The molecule has 0 bridgehead atoms. The molecule has 1 heterocycles. The molecular weight excluding hydrogens is 1330 g/mol. The minimum atomic E-state index is -0.634. The summed E-state index contributed by atoms with van der Waals surface area (Å²) in [5.41, 5.74) is -0.529. The molecule has 0 aliphatic rings. The van der Waals surface area contributed by atoms with Crippen molar-refractivity contribution in [2.24, 2.45) is 29.6 Å². The van der Waals surface area contributed by atoms with E-state index in [1.807, 2.05) is 41.5 Å². The van der Waals surface area contributed by atoms with Gasteiger partial charge in [0.15, 0.2) is 22.8 Å². The van der Waals surface area contributed by atoms with Crippen molar-refractivity contribution in [1.82, 2.24) is 0 Å². The highest BCUT2D eigenvalue weighted by molar-refractivity contribution is 6.64. The molecule has 5 aromatic rings. The molecule has 0 saturated carbocycles. The number of halogens is 1. The number of esters is 3. The summed E-state index contributed by atoms with van der Waals surface area (Å²) in [6.45, 7) is 26.7. The van der Waals surface area contributed by atoms with Crippen LogP contribution < -0.4 is 19.6 Å². The zero-order chi connectivity index (χ0) is 77.3. The fourth-order valence-electron chi connectivity index (χ4n) is 11.2. The SMILES string of the molecule is CC(=O)c1c(O)cc(O)cc1O.CCCCC(CC)C(=O)CC(=O)c1c(O)cc(O)cc1O.CCCCC(CC)C(=O)Cl.CCCCC(CC)C(=O)Oc1cc(OC(=O)C(CC)CCCC)c(C(C)=O)c(OC(=O)C(CC)CCCC)c1.CCCCC(CC)c1cc(=O)c2c(O)cc(O)cc2o1. The molecule has 0 amide bonds. The highest BCUT2D eigenvalue weighted by atomic mass is 35.5. The molecule has 0 fully saturated rings. The number of ether oxygens (including phenoxy) is 3. The summed E-state index contributed by atoms with van der Waals surface area (Å²) < 4.78 is 23.0. The molecule has 0 spiro atoms. The largest absolute Gasteiger partial charge is 0.508 e. The van der Waals surface area contributed by atoms with Crippen LogP contribution in [0.15, 0.2) is 63.8 Å². The van der Waals surface area contributed by atoms with Gasteiger partial charge in [-0.1, -0.05) is 160 Å². The molecule has 21 nitrogen and oxygen atoms in total. The van der Waals surface area contributed by atoms with Crippen molar-refractivity contribution in [1.29, 1.82) is 0 Å². The number of benzene rings is 4. The summed E-state index contributed by atoms with van der Waals surface area (Å²) in [6.07, 6.45) is 20.4. The van der Waals surface area contributed by atoms with E-state index in [1.165, 1.54) is 38.1 Å². The molecular formula is C80H115ClO21. The first-order valence-corrected chi connectivity index (χ1v) is 36.8. The number of hydrogen-bond acceptors (Lipinski definition) is 21. The summed E-state index contributed by atoms with van der Waals surface area (Å²) in [5, 5.41) is 74.8. The molecule has 6 atom stereocenters. The van der Waals surface area contributed by atoms with Crippen molar-refractivity contribution in [2.75, 3.05) is 0 Å². The first-order valence-electron chi connectivity index (χ1n) is 36.5. The Bertz CT molecular complexity index is 3440. The maximum absolute atomic E-state index is 13.1. The van der Waals surface area contributed by atoms with E-state index in [1.54, 1.807) is 0 Å². The average molecular weight is 1450 g/mol. The van der Waals surface area contributed by atoms with Gasteiger partial charge in [-0.3, -0.25) is 43.2 Å². The van der Waals surface area contributed by atoms with E-state index in [2.05, 4.69) is 41.5 Å². The van der Waals surface area contributed by atoms with Gasteiger partial charge in [0.25, 0.3) is 0 Å². The Balaban J connectivity index is 0.000000696. The molecule has 8 N–H and O–H groups in total. The van der Waals surface area contributed by atoms with Gasteiger partial charge in [-0.2, -0.15) is 0 Å². The predicted octanol–water partition coefficient (Wildman–Crippen LogP) is 19.3. The highest BCUT2D eigenvalue weighted by Gasteiger charge is 2.30. The summed E-state index contributed by atoms with van der Waals surface area (Å²) in [5.74, 6) is -6.12. The highest BCUT2D eigenvalue weighted by Crippen LogP contribution is 2.39. The molecule has 102 heavy (non-hydrogen) atoms. The summed E-state index contributed by atoms with van der Waals surface area (Å²) in [7, 11) is 0. The molecule has 4 aromatic carbocycles. The van der Waals surface area contributed by atoms with Crippen LogP contribution in [0.25, 0.3) is 11.0 Å². The second kappa shape index (κ2) is 49.2. The Kier molecular flexibility index (Phi) is 44.2. The average Bonchev–Trinajstić information content (AvgIpc) is 0.698. The molecule has 6 unspecified atom stereocenters. The van der Waals surface area contributed by atoms with Crippen molar-refractivity contribution in [3.63, 3.8) is 0 Å². The van der Waals surface area contributed by atoms with Crippen LogP contribution in [0.5, 0.6) is 63.2 Å². The van der Waals surface area contributed by atoms with E-state index in [-0.39, 0.29) is 126 Å². The number of carbonyl (C=O) groups is 8. The molecule has 5 rings (SSSR count). The number of unbranched alkanes of at least 4 members (excludes halogenated alkanes) is 6. The third kappa shape index (κ3) is 31.0. The van der Waals surface area contributed by atoms with E-state index < -0.39 is 58.3 Å². The maximum atomic E-state index is 13.1. The van der Waals surface area contributed by atoms with Crippen LogP contribution in [-0.4, -0.2) is 87.1 Å². The first-order chi connectivity index (χ1) is 48.4. The van der Waals surface area contributed by atoms with Gasteiger partial charge in [-0.25, -0.2) is 0 Å². The monoisotopic (exact) mass is 1450 g/mol. The lowest BCUT2D eigenvalue weighted by Gasteiger charge is -2.20. The molecule has 22 heteroatoms. The van der Waals surface area contributed by atoms with Gasteiger partial charge in [0, 0.05) is 72.4 Å². The van der Waals surface area contributed by atoms with Gasteiger partial charge in [-0.15, -0.1) is 0 Å². The quantitative estimate of drug-likeness (QED) is 0.00598. The topological polar surface area (TPSA) is 356 Å². The van der Waals surface area contributed by atoms with Crippen LogP contribution in [0.1, 0.15) is 300 Å². The van der Waals surface area contributed by atoms with E-state index in [4.69, 9.17) is 45.5 Å². The Morgan fingerprint density at radius 1 is 0.402 bits per heavy atom. The number of Topliss-reactive ketones (excluding diaryl/α,β-unsaturated/α-hetero) is 4. The minimum absolute atomic E-state index is 0.00906. The second-order valence-corrected chi connectivity index (χ2v) is 26.0. The first kappa shape index (κ1) is 91.6. The molecule has 0 saturated heterocycles. The number of rotatable bonds is 38. The number of aromatic hydroxyl groups is 8. The number of fused-ring (bicyclic) bond motifs is 1. The van der Waals surface area contributed by atoms with Crippen LogP contribution in [-0.2, 0) is 24.0 Å². The van der Waals surface area contributed by atoms with Crippen LogP contribution in [0.3, 0.4) is 0 Å². The Morgan fingerprint density at radius 3 is 1.11 bits per heavy atom. The van der Waals surface area contributed by atoms with Crippen LogP contribution >= 0.6 is 11.6 Å². The van der Waals surface area contributed by atoms with Gasteiger partial charge >= 0.3 is 17.9 Å². The van der Waals surface area contributed by atoms with Crippen molar-refractivity contribution in [3.05, 3.63) is 87.3 Å². The van der Waals surface area contributed by atoms with Crippen molar-refractivity contribution >= 4 is 68.9 Å². The maximum Gasteiger partial charge on any atom is 0.314 e. The molecule has 0 radical (unpaired) electrons. The fraction of sp³-hybridized carbons (Fsp3) is 0.562. The van der Waals surface area contributed by atoms with Gasteiger partial charge in [0.1, 0.15) is 102 Å². The molecule has 1 aromatic heterocycles. The number of carbonyl (C=O) groups excluding carboxylic acids is 8. The van der Waals surface area contributed by atoms with E-state index in [0.29, 0.717) is 50.7 Å². The third-order valence-corrected chi connectivity index (χ3v) is 17.9. The predicted molar refractivity (Wildman–Crippen MR) is 396 cm³/mol. The Hall–Kier alpha value is -8.46. The van der Waals surface area contributed by atoms with E-state index >= 15 is 0 Å². The summed E-state index contributed by atoms with van der Waals surface area (Å²) >= 11 is 5.34. The molecule has 0 aliphatic heterocycles. The smallest absolute Gasteiger partial charge is 0.314 e. The summed E-state index contributed by atoms with van der Waals surface area (Å²) in [6, 6.07) is 10.7. The summed E-state index contributed by atoms with van der Waals surface area (Å²) in [4.78, 5) is 110. The van der Waals surface area contributed by atoms with Gasteiger partial charge in [0.05, 0.1) is 24.2 Å². The number of phenolic OH excluding ortho intramolecular Hbond substituents is 8. The Morgan fingerprint density at radius 2 is 0.745 bits per heavy atom. The van der Waals surface area contributed by atoms with E-state index in [9.17, 15) is 68.7 Å². The zero-order valence-corrected chi connectivity index (χ0v) is 63.4. The lowest BCUT2D eigenvalue weighted by atomic mass is 9.90. The zero-order valence-electron chi connectivity index (χ0n) is 62.6. The minimum Gasteiger partial charge on any atom is -0.508 e.